The van der Waals surface area contributed by atoms with E-state index in [1.54, 1.807) is 20.2 Å². The van der Waals surface area contributed by atoms with Gasteiger partial charge in [0, 0.05) is 23.5 Å². The fourth-order valence-corrected chi connectivity index (χ4v) is 2.15. The van der Waals surface area contributed by atoms with Crippen LogP contribution in [0.3, 0.4) is 0 Å². The lowest BCUT2D eigenvalue weighted by Crippen LogP contribution is -2.49. The summed E-state index contributed by atoms with van der Waals surface area (Å²) in [5.41, 5.74) is 1.82. The van der Waals surface area contributed by atoms with Crippen LogP contribution in [0.25, 0.3) is 10.9 Å². The van der Waals surface area contributed by atoms with Gasteiger partial charge in [-0.25, -0.2) is 4.79 Å². The highest BCUT2D eigenvalue weighted by molar-refractivity contribution is 5.88. The monoisotopic (exact) mass is 289 g/mol. The molecule has 2 aromatic rings. The summed E-state index contributed by atoms with van der Waals surface area (Å²) in [5.74, 6) is -1.37. The van der Waals surface area contributed by atoms with Gasteiger partial charge in [0.25, 0.3) is 0 Å². The molecule has 0 aliphatic rings. The van der Waals surface area contributed by atoms with Crippen LogP contribution in [0.15, 0.2) is 30.5 Å². The molecule has 1 heterocycles. The first-order chi connectivity index (χ1) is 10.0. The van der Waals surface area contributed by atoms with Crippen LogP contribution in [0.4, 0.5) is 0 Å². The highest BCUT2D eigenvalue weighted by Crippen LogP contribution is 2.19. The smallest absolute Gasteiger partial charge is 0.326 e. The molecule has 21 heavy (non-hydrogen) atoms. The fourth-order valence-electron chi connectivity index (χ4n) is 2.15. The first-order valence-corrected chi connectivity index (χ1v) is 6.78. The van der Waals surface area contributed by atoms with Crippen molar-refractivity contribution in [2.24, 2.45) is 0 Å². The van der Waals surface area contributed by atoms with Gasteiger partial charge in [0.15, 0.2) is 0 Å². The molecule has 112 valence electrons. The second-order valence-corrected chi connectivity index (χ2v) is 4.97. The molecule has 1 aromatic carbocycles. The number of benzene rings is 1. The van der Waals surface area contributed by atoms with Crippen LogP contribution in [0.2, 0.25) is 0 Å². The van der Waals surface area contributed by atoms with Crippen molar-refractivity contribution >= 4 is 22.8 Å². The van der Waals surface area contributed by atoms with E-state index in [4.69, 9.17) is 0 Å². The molecular formula is C15H19N3O3. The van der Waals surface area contributed by atoms with Crippen molar-refractivity contribution in [3.63, 3.8) is 0 Å². The quantitative estimate of drug-likeness (QED) is 0.635. The van der Waals surface area contributed by atoms with Gasteiger partial charge < -0.3 is 20.7 Å². The first kappa shape index (κ1) is 15.1. The van der Waals surface area contributed by atoms with Crippen molar-refractivity contribution in [3.8, 4) is 0 Å². The number of carbonyl (C=O) groups excluding carboxylic acids is 1. The van der Waals surface area contributed by atoms with Crippen molar-refractivity contribution in [2.45, 2.75) is 25.4 Å². The molecule has 0 saturated heterocycles. The summed E-state index contributed by atoms with van der Waals surface area (Å²) in [4.78, 5) is 26.3. The Hall–Kier alpha value is -2.34. The van der Waals surface area contributed by atoms with Crippen LogP contribution in [0.1, 0.15) is 12.5 Å². The zero-order chi connectivity index (χ0) is 15.4. The average molecular weight is 289 g/mol. The second kappa shape index (κ2) is 6.41. The number of likely N-dealkylation sites (N-methyl/N-ethyl adjacent to an activating group) is 1. The van der Waals surface area contributed by atoms with Gasteiger partial charge in [0.2, 0.25) is 5.91 Å². The van der Waals surface area contributed by atoms with E-state index in [-0.39, 0.29) is 12.3 Å². The number of carboxylic acids is 1. The highest BCUT2D eigenvalue weighted by Gasteiger charge is 2.23. The molecule has 0 spiro atoms. The molecule has 1 amide bonds. The molecule has 1 unspecified atom stereocenters. The first-order valence-electron chi connectivity index (χ1n) is 6.78. The number of hydrogen-bond acceptors (Lipinski definition) is 3. The van der Waals surface area contributed by atoms with E-state index in [2.05, 4.69) is 15.6 Å². The van der Waals surface area contributed by atoms with E-state index in [1.807, 2.05) is 24.3 Å². The third-order valence-corrected chi connectivity index (χ3v) is 3.54. The van der Waals surface area contributed by atoms with E-state index in [0.717, 1.165) is 16.5 Å². The maximum Gasteiger partial charge on any atom is 0.326 e. The van der Waals surface area contributed by atoms with Crippen molar-refractivity contribution in [3.05, 3.63) is 36.0 Å². The summed E-state index contributed by atoms with van der Waals surface area (Å²) in [6.45, 7) is 1.68. The zero-order valence-electron chi connectivity index (χ0n) is 12.0. The third kappa shape index (κ3) is 3.41. The number of aromatic amines is 1. The van der Waals surface area contributed by atoms with Crippen LogP contribution in [-0.4, -0.2) is 41.1 Å². The maximum atomic E-state index is 11.8. The molecule has 0 aliphatic carbocycles. The number of nitrogens with one attached hydrogen (secondary N) is 3. The molecule has 2 rings (SSSR count). The number of carboxylic acid groups (broad SMARTS) is 1. The SMILES string of the molecule is CNC(C)C(=O)N[C@@H](Cc1c[nH]c2ccccc12)C(=O)O. The molecule has 2 atom stereocenters. The molecule has 0 saturated carbocycles. The largest absolute Gasteiger partial charge is 0.480 e. The number of rotatable bonds is 6. The average Bonchev–Trinajstić information content (AvgIpc) is 2.88. The molecule has 4 N–H and O–H groups in total. The highest BCUT2D eigenvalue weighted by atomic mass is 16.4. The third-order valence-electron chi connectivity index (χ3n) is 3.54. The lowest BCUT2D eigenvalue weighted by Gasteiger charge is -2.17. The Kier molecular flexibility index (Phi) is 4.59. The van der Waals surface area contributed by atoms with Gasteiger partial charge in [-0.05, 0) is 25.6 Å². The lowest BCUT2D eigenvalue weighted by atomic mass is 10.0. The van der Waals surface area contributed by atoms with Crippen molar-refractivity contribution in [1.82, 2.24) is 15.6 Å². The number of para-hydroxylation sites is 1. The molecule has 0 aliphatic heterocycles. The predicted octanol–water partition coefficient (Wildman–Crippen LogP) is 0.888. The Balaban J connectivity index is 2.17. The van der Waals surface area contributed by atoms with Gasteiger partial charge in [0.1, 0.15) is 6.04 Å². The van der Waals surface area contributed by atoms with Gasteiger partial charge in [-0.1, -0.05) is 18.2 Å². The molecule has 0 bridgehead atoms. The predicted molar refractivity (Wildman–Crippen MR) is 80.1 cm³/mol. The van der Waals surface area contributed by atoms with Crippen molar-refractivity contribution < 1.29 is 14.7 Å². The molecule has 0 radical (unpaired) electrons. The van der Waals surface area contributed by atoms with E-state index in [0.29, 0.717) is 0 Å². The lowest BCUT2D eigenvalue weighted by molar-refractivity contribution is -0.142. The van der Waals surface area contributed by atoms with Crippen molar-refractivity contribution in [2.75, 3.05) is 7.05 Å². The minimum atomic E-state index is -1.04. The Labute approximate surface area is 122 Å². The second-order valence-electron chi connectivity index (χ2n) is 4.97. The topological polar surface area (TPSA) is 94.2 Å². The van der Waals surface area contributed by atoms with Gasteiger partial charge in [0.05, 0.1) is 6.04 Å². The number of fused-ring (bicyclic) bond motifs is 1. The Morgan fingerprint density at radius 1 is 1.33 bits per heavy atom. The molecular weight excluding hydrogens is 270 g/mol. The fraction of sp³-hybridized carbons (Fsp3) is 0.333. The van der Waals surface area contributed by atoms with Gasteiger partial charge in [-0.3, -0.25) is 4.79 Å². The minimum absolute atomic E-state index is 0.238. The molecule has 0 fully saturated rings. The van der Waals surface area contributed by atoms with Crippen LogP contribution in [-0.2, 0) is 16.0 Å². The van der Waals surface area contributed by atoms with E-state index in [9.17, 15) is 14.7 Å². The summed E-state index contributed by atoms with van der Waals surface area (Å²) in [7, 11) is 1.65. The van der Waals surface area contributed by atoms with E-state index in [1.165, 1.54) is 0 Å². The van der Waals surface area contributed by atoms with Crippen molar-refractivity contribution in [1.29, 1.82) is 0 Å². The van der Waals surface area contributed by atoms with E-state index < -0.39 is 18.1 Å². The van der Waals surface area contributed by atoms with Gasteiger partial charge in [-0.15, -0.1) is 0 Å². The van der Waals surface area contributed by atoms with Crippen LogP contribution < -0.4 is 10.6 Å². The number of hydrogen-bond donors (Lipinski definition) is 4. The summed E-state index contributed by atoms with van der Waals surface area (Å²) < 4.78 is 0. The Morgan fingerprint density at radius 3 is 2.71 bits per heavy atom. The number of H-pyrrole nitrogens is 1. The molecule has 1 aromatic heterocycles. The van der Waals surface area contributed by atoms with Crippen LogP contribution >= 0.6 is 0 Å². The zero-order valence-corrected chi connectivity index (χ0v) is 12.0. The van der Waals surface area contributed by atoms with Gasteiger partial charge in [-0.2, -0.15) is 0 Å². The number of carbonyl (C=O) groups is 2. The Morgan fingerprint density at radius 2 is 2.05 bits per heavy atom. The number of aromatic nitrogens is 1. The Bertz CT molecular complexity index is 650. The number of aliphatic carboxylic acids is 1. The summed E-state index contributed by atoms with van der Waals surface area (Å²) in [6, 6.07) is 6.28. The minimum Gasteiger partial charge on any atom is -0.480 e. The maximum absolute atomic E-state index is 11.8. The number of amides is 1. The summed E-state index contributed by atoms with van der Waals surface area (Å²) in [5, 5.41) is 15.6. The normalized spacial score (nSPS) is 13.8. The summed E-state index contributed by atoms with van der Waals surface area (Å²) >= 11 is 0. The molecule has 6 heteroatoms. The van der Waals surface area contributed by atoms with Crippen LogP contribution in [0, 0.1) is 0 Å². The summed E-state index contributed by atoms with van der Waals surface area (Å²) in [6.07, 6.45) is 2.02. The van der Waals surface area contributed by atoms with Gasteiger partial charge >= 0.3 is 5.97 Å². The van der Waals surface area contributed by atoms with Crippen LogP contribution in [0.5, 0.6) is 0 Å². The van der Waals surface area contributed by atoms with E-state index >= 15 is 0 Å². The standard InChI is InChI=1S/C15H19N3O3/c1-9(16-2)14(19)18-13(15(20)21)7-10-8-17-12-6-4-3-5-11(10)12/h3-6,8-9,13,16-17H,7H2,1-2H3,(H,18,19)(H,20,21)/t9?,13-/m0/s1. The molecule has 6 nitrogen and oxygen atoms in total.